The highest BCUT2D eigenvalue weighted by Crippen LogP contribution is 2.29. The van der Waals surface area contributed by atoms with Gasteiger partial charge in [-0.05, 0) is 37.3 Å². The molecule has 2 aromatic carbocycles. The number of rotatable bonds is 7. The van der Waals surface area contributed by atoms with Crippen molar-refractivity contribution in [2.45, 2.75) is 19.4 Å². The fourth-order valence-corrected chi connectivity index (χ4v) is 2.81. The molecule has 0 saturated heterocycles. The van der Waals surface area contributed by atoms with Crippen molar-refractivity contribution in [3.8, 4) is 23.0 Å². The molecule has 3 rings (SSSR count). The van der Waals surface area contributed by atoms with Crippen LogP contribution in [0.2, 0.25) is 0 Å². The number of nitrogens with zero attached hydrogens (tertiary/aromatic N) is 1. The molecule has 0 bridgehead atoms. The van der Waals surface area contributed by atoms with Crippen LogP contribution in [0.1, 0.15) is 24.2 Å². The van der Waals surface area contributed by atoms with E-state index in [2.05, 4.69) is 10.3 Å². The minimum absolute atomic E-state index is 0.132. The average molecular weight is 366 g/mol. The molecule has 0 radical (unpaired) electrons. The van der Waals surface area contributed by atoms with E-state index >= 15 is 0 Å². The molecule has 0 aliphatic carbocycles. The molecule has 6 heteroatoms. The Hall–Kier alpha value is -3.28. The number of hydrogen-bond acceptors (Lipinski definition) is 5. The summed E-state index contributed by atoms with van der Waals surface area (Å²) >= 11 is 0. The van der Waals surface area contributed by atoms with Crippen LogP contribution < -0.4 is 14.8 Å². The Morgan fingerprint density at radius 1 is 1.15 bits per heavy atom. The predicted octanol–water partition coefficient (Wildman–Crippen LogP) is 3.78. The standard InChI is InChI=1S/C21H22N2O4/c1-14(18-12-17(25-2)9-10-19(18)26-3)22-20(24)11-16-13-27-21(23-16)15-7-5-4-6-8-15/h4-10,12-14H,11H2,1-3H3,(H,22,24)/t14-/m0/s1. The van der Waals surface area contributed by atoms with Gasteiger partial charge in [0.05, 0.1) is 32.4 Å². The number of carbonyl (C=O) groups is 1. The first-order valence-corrected chi connectivity index (χ1v) is 8.62. The predicted molar refractivity (Wildman–Crippen MR) is 102 cm³/mol. The molecule has 140 valence electrons. The summed E-state index contributed by atoms with van der Waals surface area (Å²) in [5.41, 5.74) is 2.30. The zero-order valence-corrected chi connectivity index (χ0v) is 15.6. The lowest BCUT2D eigenvalue weighted by molar-refractivity contribution is -0.121. The Morgan fingerprint density at radius 3 is 2.63 bits per heavy atom. The van der Waals surface area contributed by atoms with Gasteiger partial charge in [0.2, 0.25) is 11.8 Å². The number of oxazole rings is 1. The molecule has 0 unspecified atom stereocenters. The maximum Gasteiger partial charge on any atom is 0.226 e. The summed E-state index contributed by atoms with van der Waals surface area (Å²) in [6.45, 7) is 1.90. The van der Waals surface area contributed by atoms with Gasteiger partial charge in [-0.1, -0.05) is 18.2 Å². The minimum atomic E-state index is -0.247. The smallest absolute Gasteiger partial charge is 0.226 e. The maximum absolute atomic E-state index is 12.4. The van der Waals surface area contributed by atoms with Crippen LogP contribution in [0.25, 0.3) is 11.5 Å². The van der Waals surface area contributed by atoms with E-state index in [9.17, 15) is 4.79 Å². The third-order valence-electron chi connectivity index (χ3n) is 4.20. The van der Waals surface area contributed by atoms with Crippen LogP contribution >= 0.6 is 0 Å². The monoisotopic (exact) mass is 366 g/mol. The van der Waals surface area contributed by atoms with E-state index in [4.69, 9.17) is 13.9 Å². The number of methoxy groups -OCH3 is 2. The van der Waals surface area contributed by atoms with E-state index in [1.165, 1.54) is 6.26 Å². The summed E-state index contributed by atoms with van der Waals surface area (Å²) in [6, 6.07) is 14.8. The van der Waals surface area contributed by atoms with Gasteiger partial charge in [-0.3, -0.25) is 4.79 Å². The molecule has 1 amide bonds. The van der Waals surface area contributed by atoms with Crippen LogP contribution in [-0.2, 0) is 11.2 Å². The normalized spacial score (nSPS) is 11.7. The lowest BCUT2D eigenvalue weighted by atomic mass is 10.1. The summed E-state index contributed by atoms with van der Waals surface area (Å²) in [7, 11) is 3.20. The second-order valence-corrected chi connectivity index (χ2v) is 6.08. The average Bonchev–Trinajstić information content (AvgIpc) is 3.16. The van der Waals surface area contributed by atoms with Crippen molar-refractivity contribution >= 4 is 5.91 Å². The first kappa shape index (κ1) is 18.5. The number of nitrogens with one attached hydrogen (secondary N) is 1. The third kappa shape index (κ3) is 4.47. The number of amides is 1. The van der Waals surface area contributed by atoms with E-state index in [1.54, 1.807) is 14.2 Å². The van der Waals surface area contributed by atoms with E-state index in [1.807, 2.05) is 55.5 Å². The Morgan fingerprint density at radius 2 is 1.93 bits per heavy atom. The summed E-state index contributed by atoms with van der Waals surface area (Å²) < 4.78 is 16.1. The lowest BCUT2D eigenvalue weighted by Gasteiger charge is -2.18. The van der Waals surface area contributed by atoms with Crippen molar-refractivity contribution in [1.82, 2.24) is 10.3 Å². The summed E-state index contributed by atoms with van der Waals surface area (Å²) in [6.07, 6.45) is 1.64. The quantitative estimate of drug-likeness (QED) is 0.689. The van der Waals surface area contributed by atoms with Crippen molar-refractivity contribution in [2.75, 3.05) is 14.2 Å². The lowest BCUT2D eigenvalue weighted by Crippen LogP contribution is -2.28. The fourth-order valence-electron chi connectivity index (χ4n) is 2.81. The van der Waals surface area contributed by atoms with Crippen molar-refractivity contribution in [1.29, 1.82) is 0 Å². The van der Waals surface area contributed by atoms with Gasteiger partial charge < -0.3 is 19.2 Å². The van der Waals surface area contributed by atoms with Crippen LogP contribution in [0.4, 0.5) is 0 Å². The maximum atomic E-state index is 12.4. The SMILES string of the molecule is COc1ccc(OC)c([C@H](C)NC(=O)Cc2coc(-c3ccccc3)n2)c1. The van der Waals surface area contributed by atoms with Crippen molar-refractivity contribution in [3.05, 3.63) is 66.1 Å². The number of carbonyl (C=O) groups excluding carboxylic acids is 1. The van der Waals surface area contributed by atoms with Gasteiger partial charge in [0.25, 0.3) is 0 Å². The fraction of sp³-hybridized carbons (Fsp3) is 0.238. The summed E-state index contributed by atoms with van der Waals surface area (Å²) in [4.78, 5) is 16.8. The van der Waals surface area contributed by atoms with E-state index in [0.717, 1.165) is 11.1 Å². The largest absolute Gasteiger partial charge is 0.497 e. The molecule has 1 aromatic heterocycles. The van der Waals surface area contributed by atoms with Crippen molar-refractivity contribution in [3.63, 3.8) is 0 Å². The summed E-state index contributed by atoms with van der Waals surface area (Å²) in [5.74, 6) is 1.74. The van der Waals surface area contributed by atoms with Gasteiger partial charge in [0.15, 0.2) is 0 Å². The number of aromatic nitrogens is 1. The third-order valence-corrected chi connectivity index (χ3v) is 4.20. The summed E-state index contributed by atoms with van der Waals surface area (Å²) in [5, 5.41) is 2.96. The molecule has 0 saturated carbocycles. The first-order chi connectivity index (χ1) is 13.1. The van der Waals surface area contributed by atoms with E-state index < -0.39 is 0 Å². The highest BCUT2D eigenvalue weighted by atomic mass is 16.5. The van der Waals surface area contributed by atoms with Gasteiger partial charge in [-0.15, -0.1) is 0 Å². The molecule has 27 heavy (non-hydrogen) atoms. The number of hydrogen-bond donors (Lipinski definition) is 1. The second kappa shape index (κ2) is 8.40. The molecular weight excluding hydrogens is 344 g/mol. The minimum Gasteiger partial charge on any atom is -0.497 e. The molecule has 0 aliphatic rings. The molecule has 1 atom stereocenters. The topological polar surface area (TPSA) is 73.6 Å². The number of benzene rings is 2. The highest BCUT2D eigenvalue weighted by molar-refractivity contribution is 5.78. The molecule has 0 fully saturated rings. The molecule has 3 aromatic rings. The molecule has 1 heterocycles. The van der Waals surface area contributed by atoms with E-state index in [-0.39, 0.29) is 18.4 Å². The van der Waals surface area contributed by atoms with Gasteiger partial charge in [0, 0.05) is 11.1 Å². The van der Waals surface area contributed by atoms with Gasteiger partial charge in [0.1, 0.15) is 17.8 Å². The molecule has 1 N–H and O–H groups in total. The Bertz CT molecular complexity index is 906. The Kier molecular flexibility index (Phi) is 5.76. The zero-order valence-electron chi connectivity index (χ0n) is 15.6. The molecule has 0 spiro atoms. The van der Waals surface area contributed by atoms with Crippen LogP contribution in [0.3, 0.4) is 0 Å². The Balaban J connectivity index is 1.67. The van der Waals surface area contributed by atoms with Crippen LogP contribution in [-0.4, -0.2) is 25.1 Å². The number of ether oxygens (including phenoxy) is 2. The van der Waals surface area contributed by atoms with Crippen molar-refractivity contribution < 1.29 is 18.7 Å². The van der Waals surface area contributed by atoms with E-state index in [0.29, 0.717) is 23.1 Å². The van der Waals surface area contributed by atoms with Gasteiger partial charge in [-0.25, -0.2) is 4.98 Å². The van der Waals surface area contributed by atoms with Crippen LogP contribution in [0.5, 0.6) is 11.5 Å². The molecular formula is C21H22N2O4. The van der Waals surface area contributed by atoms with Crippen molar-refractivity contribution in [2.24, 2.45) is 0 Å². The van der Waals surface area contributed by atoms with Gasteiger partial charge in [-0.2, -0.15) is 0 Å². The highest BCUT2D eigenvalue weighted by Gasteiger charge is 2.17. The molecule has 0 aliphatic heterocycles. The zero-order chi connectivity index (χ0) is 19.2. The molecule has 6 nitrogen and oxygen atoms in total. The van der Waals surface area contributed by atoms with Crippen LogP contribution in [0.15, 0.2) is 59.2 Å². The van der Waals surface area contributed by atoms with Crippen LogP contribution in [0, 0.1) is 0 Å². The first-order valence-electron chi connectivity index (χ1n) is 8.62. The van der Waals surface area contributed by atoms with Gasteiger partial charge >= 0.3 is 0 Å². The second-order valence-electron chi connectivity index (χ2n) is 6.08. The Labute approximate surface area is 158 Å².